The number of halogens is 4. The first-order chi connectivity index (χ1) is 9.94. The number of amides is 1. The summed E-state index contributed by atoms with van der Waals surface area (Å²) in [6.45, 7) is 1.69. The molecule has 124 valence electrons. The van der Waals surface area contributed by atoms with Gasteiger partial charge in [0.1, 0.15) is 0 Å². The number of carbonyl (C=O) groups excluding carboxylic acids is 1. The van der Waals surface area contributed by atoms with Crippen LogP contribution in [0.1, 0.15) is 6.42 Å². The number of nitrogens with one attached hydrogen (secondary N) is 2. The lowest BCUT2D eigenvalue weighted by atomic mass is 10.2. The van der Waals surface area contributed by atoms with Gasteiger partial charge in [0, 0.05) is 23.9 Å². The monoisotopic (exact) mass is 356 g/mol. The van der Waals surface area contributed by atoms with E-state index in [0.717, 1.165) is 0 Å². The number of alkyl halides is 3. The van der Waals surface area contributed by atoms with Crippen LogP contribution in [-0.4, -0.2) is 37.2 Å². The normalized spacial score (nSPS) is 18.4. The van der Waals surface area contributed by atoms with Crippen LogP contribution < -0.4 is 10.6 Å². The molecular weight excluding hydrogens is 341 g/mol. The molecule has 0 bridgehead atoms. The number of ether oxygens (including phenoxy) is 1. The minimum Gasteiger partial charge on any atom is -0.378 e. The Morgan fingerprint density at radius 2 is 2.14 bits per heavy atom. The number of rotatable bonds is 4. The van der Waals surface area contributed by atoms with Gasteiger partial charge in [0.25, 0.3) is 0 Å². The van der Waals surface area contributed by atoms with E-state index in [9.17, 15) is 18.0 Å². The fourth-order valence-corrected chi connectivity index (χ4v) is 2.58. The molecule has 1 aliphatic heterocycles. The quantitative estimate of drug-likeness (QED) is 0.814. The molecule has 1 fully saturated rings. The number of hydrogen-bond acceptors (Lipinski definition) is 4. The SMILES string of the molecule is Cl.O=C(CC1COCCN1)Nc1ccccc1SC(F)(F)F. The fraction of sp³-hybridized carbons (Fsp3) is 0.462. The van der Waals surface area contributed by atoms with Gasteiger partial charge >= 0.3 is 5.51 Å². The highest BCUT2D eigenvalue weighted by Crippen LogP contribution is 2.40. The van der Waals surface area contributed by atoms with E-state index in [4.69, 9.17) is 4.74 Å². The molecule has 1 heterocycles. The number of hydrogen-bond donors (Lipinski definition) is 2. The molecule has 0 saturated carbocycles. The molecule has 0 aliphatic carbocycles. The fourth-order valence-electron chi connectivity index (χ4n) is 1.96. The maximum absolute atomic E-state index is 12.5. The van der Waals surface area contributed by atoms with E-state index in [1.807, 2.05) is 0 Å². The van der Waals surface area contributed by atoms with Crippen LogP contribution in [0.2, 0.25) is 0 Å². The van der Waals surface area contributed by atoms with Gasteiger partial charge in [-0.15, -0.1) is 12.4 Å². The first-order valence-corrected chi connectivity index (χ1v) is 7.21. The Balaban J connectivity index is 0.00000242. The van der Waals surface area contributed by atoms with Crippen molar-refractivity contribution >= 4 is 35.8 Å². The van der Waals surface area contributed by atoms with Crippen LogP contribution in [0, 0.1) is 0 Å². The van der Waals surface area contributed by atoms with Crippen LogP contribution in [0.25, 0.3) is 0 Å². The number of anilines is 1. The second-order valence-corrected chi connectivity index (χ2v) is 5.63. The molecule has 1 saturated heterocycles. The zero-order chi connectivity index (χ0) is 15.3. The lowest BCUT2D eigenvalue weighted by molar-refractivity contribution is -0.117. The average Bonchev–Trinajstić information content (AvgIpc) is 2.40. The van der Waals surface area contributed by atoms with Crippen LogP contribution in [-0.2, 0) is 9.53 Å². The van der Waals surface area contributed by atoms with E-state index >= 15 is 0 Å². The van der Waals surface area contributed by atoms with Crippen molar-refractivity contribution in [3.05, 3.63) is 24.3 Å². The molecule has 1 amide bonds. The van der Waals surface area contributed by atoms with Crippen LogP contribution in [0.5, 0.6) is 0 Å². The highest BCUT2D eigenvalue weighted by Gasteiger charge is 2.30. The first kappa shape index (κ1) is 19.1. The highest BCUT2D eigenvalue weighted by atomic mass is 35.5. The van der Waals surface area contributed by atoms with E-state index < -0.39 is 5.51 Å². The molecule has 0 radical (unpaired) electrons. The predicted molar refractivity (Wildman–Crippen MR) is 81.5 cm³/mol. The Bertz CT molecular complexity index is 496. The van der Waals surface area contributed by atoms with E-state index in [1.165, 1.54) is 18.2 Å². The smallest absolute Gasteiger partial charge is 0.378 e. The van der Waals surface area contributed by atoms with Crippen LogP contribution in [0.15, 0.2) is 29.2 Å². The maximum Gasteiger partial charge on any atom is 0.446 e. The molecule has 4 nitrogen and oxygen atoms in total. The van der Waals surface area contributed by atoms with Gasteiger partial charge in [-0.05, 0) is 23.9 Å². The third-order valence-corrected chi connectivity index (χ3v) is 3.62. The second kappa shape index (κ2) is 8.61. The van der Waals surface area contributed by atoms with Gasteiger partial charge in [0.15, 0.2) is 0 Å². The van der Waals surface area contributed by atoms with Crippen molar-refractivity contribution in [1.29, 1.82) is 0 Å². The Hall–Kier alpha value is -0.960. The Kier molecular flexibility index (Phi) is 7.47. The summed E-state index contributed by atoms with van der Waals surface area (Å²) in [4.78, 5) is 11.9. The van der Waals surface area contributed by atoms with E-state index in [1.54, 1.807) is 6.07 Å². The molecule has 1 unspecified atom stereocenters. The summed E-state index contributed by atoms with van der Waals surface area (Å²) in [5.74, 6) is -0.340. The van der Waals surface area contributed by atoms with Gasteiger partial charge < -0.3 is 15.4 Å². The van der Waals surface area contributed by atoms with Crippen molar-refractivity contribution in [1.82, 2.24) is 5.32 Å². The minimum atomic E-state index is -4.39. The van der Waals surface area contributed by atoms with Gasteiger partial charge in [-0.25, -0.2) is 0 Å². The lowest BCUT2D eigenvalue weighted by Gasteiger charge is -2.23. The lowest BCUT2D eigenvalue weighted by Crippen LogP contribution is -2.43. The van der Waals surface area contributed by atoms with Crippen molar-refractivity contribution in [2.24, 2.45) is 0 Å². The zero-order valence-electron chi connectivity index (χ0n) is 11.5. The molecule has 2 N–H and O–H groups in total. The third-order valence-electron chi connectivity index (χ3n) is 2.82. The Morgan fingerprint density at radius 3 is 2.77 bits per heavy atom. The van der Waals surface area contributed by atoms with Crippen LogP contribution in [0.4, 0.5) is 18.9 Å². The molecule has 22 heavy (non-hydrogen) atoms. The first-order valence-electron chi connectivity index (χ1n) is 6.40. The highest BCUT2D eigenvalue weighted by molar-refractivity contribution is 8.00. The van der Waals surface area contributed by atoms with Gasteiger partial charge in [0.2, 0.25) is 5.91 Å². The van der Waals surface area contributed by atoms with Crippen molar-refractivity contribution < 1.29 is 22.7 Å². The summed E-state index contributed by atoms with van der Waals surface area (Å²) >= 11 is -0.240. The predicted octanol–water partition coefficient (Wildman–Crippen LogP) is 3.04. The van der Waals surface area contributed by atoms with Gasteiger partial charge in [0.05, 0.1) is 18.9 Å². The summed E-state index contributed by atoms with van der Waals surface area (Å²) in [5.41, 5.74) is -4.22. The molecule has 0 spiro atoms. The largest absolute Gasteiger partial charge is 0.446 e. The molecule has 9 heteroatoms. The summed E-state index contributed by atoms with van der Waals surface area (Å²) in [7, 11) is 0. The van der Waals surface area contributed by atoms with Gasteiger partial charge in [-0.1, -0.05) is 12.1 Å². The molecular formula is C13H16ClF3N2O2S. The van der Waals surface area contributed by atoms with Crippen molar-refractivity contribution in [3.8, 4) is 0 Å². The number of benzene rings is 1. The molecule has 1 aliphatic rings. The zero-order valence-corrected chi connectivity index (χ0v) is 13.1. The van der Waals surface area contributed by atoms with Gasteiger partial charge in [-0.2, -0.15) is 13.2 Å². The molecule has 1 aromatic rings. The number of para-hydroxylation sites is 1. The molecule has 2 rings (SSSR count). The van der Waals surface area contributed by atoms with Crippen molar-refractivity contribution in [2.75, 3.05) is 25.1 Å². The standard InChI is InChI=1S/C13H15F3N2O2S.ClH/c14-13(15,16)21-11-4-2-1-3-10(11)18-12(19)7-9-8-20-6-5-17-9;/h1-4,9,17H,5-8H2,(H,18,19);1H. The second-order valence-electron chi connectivity index (χ2n) is 4.52. The van der Waals surface area contributed by atoms with Crippen molar-refractivity contribution in [2.45, 2.75) is 22.9 Å². The molecule has 1 atom stereocenters. The van der Waals surface area contributed by atoms with E-state index in [0.29, 0.717) is 19.8 Å². The Labute approximate surface area is 136 Å². The third kappa shape index (κ3) is 6.43. The average molecular weight is 357 g/mol. The number of morpholine rings is 1. The summed E-state index contributed by atoms with van der Waals surface area (Å²) in [6.07, 6.45) is 0.158. The number of carbonyl (C=O) groups is 1. The maximum atomic E-state index is 12.5. The Morgan fingerprint density at radius 1 is 1.41 bits per heavy atom. The topological polar surface area (TPSA) is 50.4 Å². The molecule has 1 aromatic carbocycles. The van der Waals surface area contributed by atoms with E-state index in [2.05, 4.69) is 10.6 Å². The van der Waals surface area contributed by atoms with Gasteiger partial charge in [-0.3, -0.25) is 4.79 Å². The minimum absolute atomic E-state index is 0. The van der Waals surface area contributed by atoms with E-state index in [-0.39, 0.29) is 53.1 Å². The summed E-state index contributed by atoms with van der Waals surface area (Å²) in [5, 5.41) is 5.64. The number of thioether (sulfide) groups is 1. The molecule has 0 aromatic heterocycles. The van der Waals surface area contributed by atoms with Crippen molar-refractivity contribution in [3.63, 3.8) is 0 Å². The van der Waals surface area contributed by atoms with Crippen LogP contribution in [0.3, 0.4) is 0 Å². The van der Waals surface area contributed by atoms with Crippen LogP contribution >= 0.6 is 24.2 Å². The summed E-state index contributed by atoms with van der Waals surface area (Å²) in [6, 6.07) is 5.76. The summed E-state index contributed by atoms with van der Waals surface area (Å²) < 4.78 is 42.6.